The Morgan fingerprint density at radius 1 is 1.57 bits per heavy atom. The Labute approximate surface area is 97.2 Å². The molecule has 2 aliphatic rings. The average Bonchev–Trinajstić information content (AvgIpc) is 2.67. The number of carbonyl (C=O) groups is 1. The Kier molecular flexibility index (Phi) is 3.97. The first-order chi connectivity index (χ1) is 6.79. The van der Waals surface area contributed by atoms with E-state index in [0.717, 1.165) is 16.4 Å². The van der Waals surface area contributed by atoms with Crippen LogP contribution < -0.4 is 0 Å². The summed E-state index contributed by atoms with van der Waals surface area (Å²) in [6, 6.07) is 0. The first-order valence-corrected chi connectivity index (χ1v) is 11.6. The molecule has 0 spiro atoms. The van der Waals surface area contributed by atoms with E-state index in [9.17, 15) is 4.79 Å². The summed E-state index contributed by atoms with van der Waals surface area (Å²) in [5.41, 5.74) is 0. The van der Waals surface area contributed by atoms with Crippen molar-refractivity contribution in [2.24, 2.45) is 0 Å². The van der Waals surface area contributed by atoms with Crippen LogP contribution in [0.25, 0.3) is 0 Å². The van der Waals surface area contributed by atoms with Gasteiger partial charge in [-0.15, -0.1) is 0 Å². The summed E-state index contributed by atoms with van der Waals surface area (Å²) < 4.78 is 8.47. The van der Waals surface area contributed by atoms with E-state index >= 15 is 0 Å². The van der Waals surface area contributed by atoms with E-state index in [2.05, 4.69) is 6.08 Å². The van der Waals surface area contributed by atoms with E-state index in [-0.39, 0.29) is 5.24 Å². The standard InChI is InChI=1S/C5H5ClO.C5H9O.In/c1-2-3-4-5(6)7;1-2-4-6-5-3-1;/h3H,1-2H2;4H,1-3,5H2;. The van der Waals surface area contributed by atoms with E-state index < -0.39 is 21.4 Å². The van der Waals surface area contributed by atoms with Crippen molar-refractivity contribution in [2.45, 2.75) is 33.7 Å². The fourth-order valence-corrected chi connectivity index (χ4v) is 13.1. The van der Waals surface area contributed by atoms with E-state index in [4.69, 9.17) is 16.3 Å². The van der Waals surface area contributed by atoms with Crippen LogP contribution in [-0.2, 0) is 9.53 Å². The maximum atomic E-state index is 11.2. The summed E-state index contributed by atoms with van der Waals surface area (Å²) >= 11 is 3.67. The summed E-state index contributed by atoms with van der Waals surface area (Å²) in [7, 11) is 0. The third-order valence-corrected chi connectivity index (χ3v) is 14.4. The first-order valence-electron chi connectivity index (χ1n) is 5.30. The van der Waals surface area contributed by atoms with Crippen molar-refractivity contribution in [1.82, 2.24) is 0 Å². The van der Waals surface area contributed by atoms with Crippen molar-refractivity contribution in [3.63, 3.8) is 0 Å². The molecule has 0 amide bonds. The SMILES string of the molecule is O=C(Cl)[C]1=CC[CH2][In]1[CH]1CCCCO1. The molecular weight excluding hydrogens is 302 g/mol. The second-order valence-corrected chi connectivity index (χ2v) is 13.4. The normalized spacial score (nSPS) is 27.6. The minimum absolute atomic E-state index is 0.197. The van der Waals surface area contributed by atoms with Gasteiger partial charge in [-0.25, -0.2) is 0 Å². The number of allylic oxidation sites excluding steroid dienone is 2. The molecular formula is C10H14ClInO2. The van der Waals surface area contributed by atoms with Gasteiger partial charge in [0.15, 0.2) is 0 Å². The molecule has 2 heterocycles. The molecule has 0 aliphatic carbocycles. The van der Waals surface area contributed by atoms with Crippen LogP contribution in [0.1, 0.15) is 25.7 Å². The molecule has 2 nitrogen and oxygen atoms in total. The Hall–Kier alpha value is 0.530. The van der Waals surface area contributed by atoms with Crippen molar-refractivity contribution in [3.05, 3.63) is 9.41 Å². The topological polar surface area (TPSA) is 26.3 Å². The van der Waals surface area contributed by atoms with Gasteiger partial charge in [-0.2, -0.15) is 0 Å². The zero-order chi connectivity index (χ0) is 9.97. The van der Waals surface area contributed by atoms with Gasteiger partial charge in [-0.1, -0.05) is 0 Å². The van der Waals surface area contributed by atoms with Crippen LogP contribution in [0.5, 0.6) is 0 Å². The summed E-state index contributed by atoms with van der Waals surface area (Å²) in [6.45, 7) is 0.891. The molecule has 2 rings (SSSR count). The zero-order valence-corrected chi connectivity index (χ0v) is 12.2. The molecule has 0 saturated carbocycles. The van der Waals surface area contributed by atoms with Crippen molar-refractivity contribution in [2.75, 3.05) is 6.61 Å². The Bertz CT molecular complexity index is 259. The molecule has 4 heteroatoms. The Balaban J connectivity index is 2.02. The summed E-state index contributed by atoms with van der Waals surface area (Å²) in [5, 5.41) is -0.197. The van der Waals surface area contributed by atoms with Crippen LogP contribution in [0.4, 0.5) is 0 Å². The van der Waals surface area contributed by atoms with Crippen LogP contribution in [0.2, 0.25) is 4.18 Å². The summed E-state index contributed by atoms with van der Waals surface area (Å²) in [6.07, 6.45) is 6.75. The van der Waals surface area contributed by atoms with Crippen molar-refractivity contribution in [3.8, 4) is 0 Å². The molecule has 0 aromatic rings. The second-order valence-electron chi connectivity index (χ2n) is 4.02. The monoisotopic (exact) mass is 316 g/mol. The van der Waals surface area contributed by atoms with Crippen LogP contribution in [-0.4, -0.2) is 37.1 Å². The quantitative estimate of drug-likeness (QED) is 0.730. The van der Waals surface area contributed by atoms with Crippen LogP contribution in [0.3, 0.4) is 0 Å². The molecule has 1 unspecified atom stereocenters. The van der Waals surface area contributed by atoms with Crippen LogP contribution in [0.15, 0.2) is 9.41 Å². The van der Waals surface area contributed by atoms with Gasteiger partial charge in [0.1, 0.15) is 0 Å². The van der Waals surface area contributed by atoms with Crippen molar-refractivity contribution >= 4 is 38.3 Å². The molecule has 0 aromatic carbocycles. The third kappa shape index (κ3) is 2.37. The molecule has 14 heavy (non-hydrogen) atoms. The summed E-state index contributed by atoms with van der Waals surface area (Å²) in [4.78, 5) is 11.2. The van der Waals surface area contributed by atoms with Gasteiger partial charge in [0.2, 0.25) is 0 Å². The fraction of sp³-hybridized carbons (Fsp3) is 0.700. The summed E-state index contributed by atoms with van der Waals surface area (Å²) in [5.74, 6) is 0. The van der Waals surface area contributed by atoms with Gasteiger partial charge in [-0.3, -0.25) is 0 Å². The third-order valence-electron chi connectivity index (χ3n) is 3.13. The van der Waals surface area contributed by atoms with Crippen LogP contribution in [0, 0.1) is 0 Å². The Morgan fingerprint density at radius 3 is 3.07 bits per heavy atom. The molecule has 0 N–H and O–H groups in total. The molecule has 0 bridgehead atoms. The maximum absolute atomic E-state index is 11.2. The molecule has 1 saturated heterocycles. The number of rotatable bonds is 2. The molecule has 0 radical (unpaired) electrons. The van der Waals surface area contributed by atoms with E-state index in [1.807, 2.05) is 0 Å². The van der Waals surface area contributed by atoms with Crippen molar-refractivity contribution < 1.29 is 9.53 Å². The van der Waals surface area contributed by atoms with Gasteiger partial charge in [0, 0.05) is 0 Å². The minimum atomic E-state index is -1.92. The van der Waals surface area contributed by atoms with E-state index in [1.165, 1.54) is 23.4 Å². The number of carbonyl (C=O) groups excluding carboxylic acids is 1. The molecule has 0 aromatic heterocycles. The van der Waals surface area contributed by atoms with Gasteiger partial charge >= 0.3 is 97.5 Å². The number of ether oxygens (including phenoxy) is 1. The van der Waals surface area contributed by atoms with Gasteiger partial charge in [0.05, 0.1) is 0 Å². The van der Waals surface area contributed by atoms with Crippen molar-refractivity contribution in [1.29, 1.82) is 0 Å². The predicted octanol–water partition coefficient (Wildman–Crippen LogP) is 2.22. The Morgan fingerprint density at radius 2 is 2.43 bits per heavy atom. The first kappa shape index (κ1) is 11.0. The number of hydrogen-bond acceptors (Lipinski definition) is 2. The van der Waals surface area contributed by atoms with Gasteiger partial charge < -0.3 is 0 Å². The van der Waals surface area contributed by atoms with E-state index in [1.54, 1.807) is 0 Å². The average molecular weight is 316 g/mol. The fourth-order valence-electron chi connectivity index (χ4n) is 2.42. The molecule has 2 aliphatic heterocycles. The molecule has 76 valence electrons. The zero-order valence-electron chi connectivity index (χ0n) is 8.17. The molecule has 1 atom stereocenters. The van der Waals surface area contributed by atoms with Gasteiger partial charge in [-0.05, 0) is 0 Å². The number of halogens is 1. The number of hydrogen-bond donors (Lipinski definition) is 0. The predicted molar refractivity (Wildman–Crippen MR) is 57.7 cm³/mol. The van der Waals surface area contributed by atoms with Crippen LogP contribution >= 0.6 is 11.6 Å². The van der Waals surface area contributed by atoms with Gasteiger partial charge in [0.25, 0.3) is 0 Å². The molecule has 1 fully saturated rings. The van der Waals surface area contributed by atoms with E-state index in [0.29, 0.717) is 3.86 Å². The second kappa shape index (κ2) is 5.04.